The predicted octanol–water partition coefficient (Wildman–Crippen LogP) is -1.57. The van der Waals surface area contributed by atoms with Crippen LogP contribution in [0.15, 0.2) is 30.3 Å². The highest BCUT2D eigenvalue weighted by Crippen LogP contribution is 2.31. The number of aliphatic hydroxyl groups is 1. The molecule has 3 fully saturated rings. The molecule has 0 saturated carbocycles. The van der Waals surface area contributed by atoms with Crippen molar-refractivity contribution in [3.8, 4) is 0 Å². The van der Waals surface area contributed by atoms with Gasteiger partial charge in [0.05, 0.1) is 31.8 Å². The van der Waals surface area contributed by atoms with E-state index in [2.05, 4.69) is 4.90 Å². The summed E-state index contributed by atoms with van der Waals surface area (Å²) >= 11 is 6.15. The van der Waals surface area contributed by atoms with Gasteiger partial charge in [-0.1, -0.05) is 41.9 Å². The highest BCUT2D eigenvalue weighted by atomic mass is 35.5. The van der Waals surface area contributed by atoms with Crippen LogP contribution in [-0.4, -0.2) is 59.3 Å². The van der Waals surface area contributed by atoms with Gasteiger partial charge in [0.25, 0.3) is 0 Å². The number of hydrogen-bond acceptors (Lipinski definition) is 2. The van der Waals surface area contributed by atoms with Gasteiger partial charge in [-0.3, -0.25) is 4.90 Å². The minimum atomic E-state index is -0.396. The van der Waals surface area contributed by atoms with Gasteiger partial charge < -0.3 is 22.0 Å². The first-order valence-corrected chi connectivity index (χ1v) is 7.16. The average molecular weight is 303 g/mol. The summed E-state index contributed by atoms with van der Waals surface area (Å²) in [6.45, 7) is 5.34. The molecule has 3 aliphatic heterocycles. The van der Waals surface area contributed by atoms with E-state index in [0.717, 1.165) is 42.8 Å². The second-order valence-electron chi connectivity index (χ2n) is 5.55. The number of alkyl halides is 1. The van der Waals surface area contributed by atoms with Crippen LogP contribution in [0.2, 0.25) is 0 Å². The van der Waals surface area contributed by atoms with Gasteiger partial charge in [0, 0.05) is 13.1 Å². The average Bonchev–Trinajstić information content (AvgIpc) is 2.48. The summed E-state index contributed by atoms with van der Waals surface area (Å²) in [5, 5.41) is 10.6. The van der Waals surface area contributed by atoms with Gasteiger partial charge in [-0.05, 0) is 5.56 Å². The van der Waals surface area contributed by atoms with Crippen LogP contribution >= 0.6 is 11.6 Å². The standard InChI is InChI=1S/C14H20ClN2O.ClH/c15-11-17-8-6-16(7-9-17)13(10-17)14(18)12-4-2-1-3-5-12;/h1-5,13-14,18H,6-11H2;1H/q+1;/p-1/t13-,14?;/m1./s1. The topological polar surface area (TPSA) is 23.5 Å². The number of rotatable bonds is 3. The van der Waals surface area contributed by atoms with Crippen molar-refractivity contribution < 1.29 is 22.0 Å². The summed E-state index contributed by atoms with van der Waals surface area (Å²) in [6.07, 6.45) is -0.396. The third kappa shape index (κ3) is 2.76. The molecule has 3 aliphatic rings. The molecule has 2 bridgehead atoms. The summed E-state index contributed by atoms with van der Waals surface area (Å²) in [4.78, 5) is 2.42. The number of aliphatic hydroxyl groups excluding tert-OH is 1. The fourth-order valence-corrected chi connectivity index (χ4v) is 3.61. The maximum Gasteiger partial charge on any atom is 0.155 e. The lowest BCUT2D eigenvalue weighted by atomic mass is 9.95. The van der Waals surface area contributed by atoms with Crippen LogP contribution in [0.5, 0.6) is 0 Å². The van der Waals surface area contributed by atoms with Crippen LogP contribution in [0, 0.1) is 0 Å². The van der Waals surface area contributed by atoms with Crippen molar-refractivity contribution in [3.05, 3.63) is 35.9 Å². The molecule has 0 aromatic heterocycles. The lowest BCUT2D eigenvalue weighted by molar-refractivity contribution is -0.935. The molecular formula is C14H20Cl2N2O. The Bertz CT molecular complexity index is 407. The van der Waals surface area contributed by atoms with Gasteiger partial charge in [0.1, 0.15) is 0 Å². The van der Waals surface area contributed by atoms with E-state index >= 15 is 0 Å². The molecule has 0 amide bonds. The molecule has 3 saturated heterocycles. The second kappa shape index (κ2) is 5.98. The molecule has 0 radical (unpaired) electrons. The molecule has 19 heavy (non-hydrogen) atoms. The van der Waals surface area contributed by atoms with Crippen LogP contribution in [0.4, 0.5) is 0 Å². The maximum atomic E-state index is 10.6. The molecule has 1 N–H and O–H groups in total. The normalized spacial score (nSPS) is 34.6. The van der Waals surface area contributed by atoms with Gasteiger partial charge in [-0.25, -0.2) is 0 Å². The Balaban J connectivity index is 0.00000133. The summed E-state index contributed by atoms with van der Waals surface area (Å²) in [5.74, 6) is 0. The number of benzene rings is 1. The zero-order valence-electron chi connectivity index (χ0n) is 10.9. The number of halogens is 2. The molecule has 5 heteroatoms. The van der Waals surface area contributed by atoms with Crippen molar-refractivity contribution in [1.82, 2.24) is 4.90 Å². The Morgan fingerprint density at radius 2 is 1.89 bits per heavy atom. The second-order valence-corrected chi connectivity index (χ2v) is 5.79. The van der Waals surface area contributed by atoms with E-state index in [4.69, 9.17) is 11.6 Å². The molecule has 0 aliphatic carbocycles. The Hall–Kier alpha value is -0.320. The quantitative estimate of drug-likeness (QED) is 0.415. The number of quaternary nitrogens is 1. The van der Waals surface area contributed by atoms with Crippen molar-refractivity contribution >= 4 is 11.6 Å². The highest BCUT2D eigenvalue weighted by molar-refractivity contribution is 6.17. The summed E-state index contributed by atoms with van der Waals surface area (Å²) in [6, 6.07) is 10.9. The van der Waals surface area contributed by atoms with Crippen LogP contribution in [-0.2, 0) is 0 Å². The maximum absolute atomic E-state index is 10.6. The van der Waals surface area contributed by atoms with E-state index < -0.39 is 6.10 Å². The van der Waals surface area contributed by atoms with Crippen LogP contribution in [0.25, 0.3) is 0 Å². The van der Waals surface area contributed by atoms with Crippen molar-refractivity contribution in [2.45, 2.75) is 12.1 Å². The Labute approximate surface area is 125 Å². The Kier molecular flexibility index (Phi) is 4.75. The fourth-order valence-electron chi connectivity index (χ4n) is 3.27. The van der Waals surface area contributed by atoms with E-state index in [1.54, 1.807) is 0 Å². The lowest BCUT2D eigenvalue weighted by Gasteiger charge is -2.54. The largest absolute Gasteiger partial charge is 1.00 e. The third-order valence-corrected chi connectivity index (χ3v) is 5.03. The van der Waals surface area contributed by atoms with E-state index in [-0.39, 0.29) is 18.4 Å². The smallest absolute Gasteiger partial charge is 0.155 e. The Morgan fingerprint density at radius 3 is 2.47 bits per heavy atom. The fraction of sp³-hybridized carbons (Fsp3) is 0.571. The van der Waals surface area contributed by atoms with Crippen molar-refractivity contribution in [3.63, 3.8) is 0 Å². The number of nitrogens with zero attached hydrogens (tertiary/aromatic N) is 2. The first-order valence-electron chi connectivity index (χ1n) is 6.62. The van der Waals surface area contributed by atoms with Crippen LogP contribution in [0.1, 0.15) is 11.7 Å². The first kappa shape index (κ1) is 15.1. The molecule has 1 aromatic rings. The molecule has 1 aromatic carbocycles. The summed E-state index contributed by atoms with van der Waals surface area (Å²) in [7, 11) is 0. The summed E-state index contributed by atoms with van der Waals surface area (Å²) < 4.78 is 0.965. The van der Waals surface area contributed by atoms with E-state index in [0.29, 0.717) is 6.00 Å². The first-order chi connectivity index (χ1) is 8.74. The number of fused-ring (bicyclic) bond motifs is 3. The minimum Gasteiger partial charge on any atom is -1.00 e. The monoisotopic (exact) mass is 302 g/mol. The molecule has 1 unspecified atom stereocenters. The number of hydrogen-bond donors (Lipinski definition) is 1. The molecule has 0 spiro atoms. The van der Waals surface area contributed by atoms with Gasteiger partial charge in [-0.15, -0.1) is 0 Å². The summed E-state index contributed by atoms with van der Waals surface area (Å²) in [5.41, 5.74) is 1.02. The predicted molar refractivity (Wildman–Crippen MR) is 72.3 cm³/mol. The minimum absolute atomic E-state index is 0. The molecule has 3 heterocycles. The van der Waals surface area contributed by atoms with Gasteiger partial charge in [0.15, 0.2) is 6.00 Å². The molecule has 106 valence electrons. The molecule has 3 nitrogen and oxygen atoms in total. The van der Waals surface area contributed by atoms with Gasteiger partial charge in [-0.2, -0.15) is 0 Å². The van der Waals surface area contributed by atoms with E-state index in [1.807, 2.05) is 30.3 Å². The van der Waals surface area contributed by atoms with Crippen LogP contribution < -0.4 is 12.4 Å². The van der Waals surface area contributed by atoms with E-state index in [1.165, 1.54) is 0 Å². The Morgan fingerprint density at radius 1 is 1.26 bits per heavy atom. The van der Waals surface area contributed by atoms with Crippen LogP contribution in [0.3, 0.4) is 0 Å². The molecule has 2 atom stereocenters. The zero-order chi connectivity index (χ0) is 12.6. The van der Waals surface area contributed by atoms with E-state index in [9.17, 15) is 5.11 Å². The van der Waals surface area contributed by atoms with Crippen molar-refractivity contribution in [1.29, 1.82) is 0 Å². The highest BCUT2D eigenvalue weighted by Gasteiger charge is 2.46. The van der Waals surface area contributed by atoms with Crippen molar-refractivity contribution in [2.75, 3.05) is 38.7 Å². The third-order valence-electron chi connectivity index (χ3n) is 4.53. The zero-order valence-corrected chi connectivity index (χ0v) is 12.4. The van der Waals surface area contributed by atoms with Gasteiger partial charge in [0.2, 0.25) is 0 Å². The molecular weight excluding hydrogens is 283 g/mol. The van der Waals surface area contributed by atoms with Crippen molar-refractivity contribution in [2.24, 2.45) is 0 Å². The SMILES string of the molecule is OC(c1ccccc1)[C@H]1C[N+]2(CCl)CCN1CC2.[Cl-]. The number of piperazine rings is 3. The van der Waals surface area contributed by atoms with Gasteiger partial charge >= 0.3 is 0 Å². The lowest BCUT2D eigenvalue weighted by Crippen LogP contribution is -3.00. The molecule has 4 rings (SSSR count).